The summed E-state index contributed by atoms with van der Waals surface area (Å²) in [6.07, 6.45) is 2.91. The molecule has 0 aliphatic rings. The Kier molecular flexibility index (Phi) is 7.65. The Morgan fingerprint density at radius 1 is 0.833 bits per heavy atom. The first-order chi connectivity index (χ1) is 17.4. The molecule has 0 saturated carbocycles. The van der Waals surface area contributed by atoms with E-state index in [-0.39, 0.29) is 24.8 Å². The third-order valence-electron chi connectivity index (χ3n) is 5.54. The largest absolute Gasteiger partial charge is 0.467 e. The van der Waals surface area contributed by atoms with Gasteiger partial charge in [0.2, 0.25) is 11.8 Å². The van der Waals surface area contributed by atoms with Gasteiger partial charge in [0.1, 0.15) is 11.8 Å². The maximum atomic E-state index is 13.7. The summed E-state index contributed by atoms with van der Waals surface area (Å²) in [5.74, 6) is -0.682. The number of hydrogen-bond donors (Lipinski definition) is 2. The monoisotopic (exact) mass is 485 g/mol. The summed E-state index contributed by atoms with van der Waals surface area (Å²) in [5.41, 5.74) is 3.04. The Morgan fingerprint density at radius 3 is 2.17 bits per heavy atom. The minimum absolute atomic E-state index is 0.0940. The first-order valence-corrected chi connectivity index (χ1v) is 11.5. The van der Waals surface area contributed by atoms with Gasteiger partial charge in [-0.1, -0.05) is 36.4 Å². The van der Waals surface area contributed by atoms with Crippen LogP contribution in [0.4, 0.5) is 5.69 Å². The van der Waals surface area contributed by atoms with Crippen LogP contribution >= 0.6 is 0 Å². The van der Waals surface area contributed by atoms with Gasteiger partial charge in [0.05, 0.1) is 25.6 Å². The predicted molar refractivity (Wildman–Crippen MR) is 134 cm³/mol. The Hall–Kier alpha value is -4.59. The van der Waals surface area contributed by atoms with E-state index in [4.69, 9.17) is 8.83 Å². The molecule has 4 rings (SSSR count). The van der Waals surface area contributed by atoms with Crippen LogP contribution in [0.5, 0.6) is 0 Å². The van der Waals surface area contributed by atoms with Crippen molar-refractivity contribution < 1.29 is 23.2 Å². The third-order valence-corrected chi connectivity index (χ3v) is 5.54. The number of furan rings is 2. The molecule has 3 amide bonds. The van der Waals surface area contributed by atoms with Crippen molar-refractivity contribution in [1.29, 1.82) is 0 Å². The van der Waals surface area contributed by atoms with Crippen LogP contribution < -0.4 is 15.5 Å². The second-order valence-corrected chi connectivity index (χ2v) is 8.38. The van der Waals surface area contributed by atoms with Crippen molar-refractivity contribution in [2.45, 2.75) is 26.4 Å². The van der Waals surface area contributed by atoms with Crippen LogP contribution in [-0.4, -0.2) is 24.3 Å². The minimum Gasteiger partial charge on any atom is -0.467 e. The summed E-state index contributed by atoms with van der Waals surface area (Å²) in [6.45, 7) is 3.68. The SMILES string of the molecule is Cc1cc(C)cc(N(C(=O)CNC(=O)c2ccco2)[C@H](C(=O)NCc2ccco2)c2ccccc2)c1. The fourth-order valence-electron chi connectivity index (χ4n) is 4.00. The van der Waals surface area contributed by atoms with E-state index < -0.39 is 17.9 Å². The van der Waals surface area contributed by atoms with E-state index in [0.29, 0.717) is 17.0 Å². The molecule has 4 aromatic rings. The van der Waals surface area contributed by atoms with Crippen LogP contribution in [0.25, 0.3) is 0 Å². The van der Waals surface area contributed by atoms with Gasteiger partial charge < -0.3 is 19.5 Å². The molecule has 0 unspecified atom stereocenters. The lowest BCUT2D eigenvalue weighted by atomic mass is 10.0. The minimum atomic E-state index is -0.990. The quantitative estimate of drug-likeness (QED) is 0.368. The summed E-state index contributed by atoms with van der Waals surface area (Å²) < 4.78 is 10.5. The van der Waals surface area contributed by atoms with E-state index in [0.717, 1.165) is 11.1 Å². The zero-order chi connectivity index (χ0) is 25.5. The molecule has 0 spiro atoms. The number of anilines is 1. The van der Waals surface area contributed by atoms with Crippen molar-refractivity contribution in [3.8, 4) is 0 Å². The van der Waals surface area contributed by atoms with Gasteiger partial charge in [0, 0.05) is 5.69 Å². The Labute approximate surface area is 208 Å². The zero-order valence-electron chi connectivity index (χ0n) is 20.1. The number of hydrogen-bond acceptors (Lipinski definition) is 5. The molecule has 0 bridgehead atoms. The second-order valence-electron chi connectivity index (χ2n) is 8.38. The van der Waals surface area contributed by atoms with Crippen LogP contribution in [0.3, 0.4) is 0 Å². The summed E-state index contributed by atoms with van der Waals surface area (Å²) in [6, 6.07) is 20.3. The van der Waals surface area contributed by atoms with Gasteiger partial charge in [-0.2, -0.15) is 0 Å². The van der Waals surface area contributed by atoms with E-state index in [9.17, 15) is 14.4 Å². The number of carbonyl (C=O) groups excluding carboxylic acids is 3. The maximum Gasteiger partial charge on any atom is 0.287 e. The number of nitrogens with one attached hydrogen (secondary N) is 2. The van der Waals surface area contributed by atoms with Crippen LogP contribution in [0.2, 0.25) is 0 Å². The number of rotatable bonds is 9. The molecule has 184 valence electrons. The number of benzene rings is 2. The topological polar surface area (TPSA) is 105 Å². The van der Waals surface area contributed by atoms with Crippen molar-refractivity contribution in [3.63, 3.8) is 0 Å². The Balaban J connectivity index is 1.69. The lowest BCUT2D eigenvalue weighted by molar-refractivity contribution is -0.126. The van der Waals surface area contributed by atoms with Gasteiger partial charge in [0.15, 0.2) is 5.76 Å². The molecule has 2 heterocycles. The highest BCUT2D eigenvalue weighted by molar-refractivity contribution is 6.04. The number of carbonyl (C=O) groups is 3. The maximum absolute atomic E-state index is 13.7. The molecule has 1 atom stereocenters. The molecule has 8 heteroatoms. The van der Waals surface area contributed by atoms with E-state index >= 15 is 0 Å². The molecular weight excluding hydrogens is 458 g/mol. The van der Waals surface area contributed by atoms with Crippen LogP contribution in [0, 0.1) is 13.8 Å². The standard InChI is InChI=1S/C28H27N3O5/c1-19-14-20(2)16-22(15-19)31(25(32)18-30-27(33)24-11-7-13-36-24)26(21-8-4-3-5-9-21)28(34)29-17-23-10-6-12-35-23/h3-16,26H,17-18H2,1-2H3,(H,29,34)(H,30,33)/t26-/m0/s1. The molecule has 0 radical (unpaired) electrons. The fourth-order valence-corrected chi connectivity index (χ4v) is 4.00. The van der Waals surface area contributed by atoms with Crippen LogP contribution in [-0.2, 0) is 16.1 Å². The van der Waals surface area contributed by atoms with Crippen LogP contribution in [0.1, 0.15) is 39.0 Å². The Bertz CT molecular complexity index is 1290. The lowest BCUT2D eigenvalue weighted by Crippen LogP contribution is -2.47. The molecule has 0 saturated heterocycles. The number of amides is 3. The molecule has 2 N–H and O–H groups in total. The summed E-state index contributed by atoms with van der Waals surface area (Å²) in [5, 5.41) is 5.47. The second kappa shape index (κ2) is 11.2. The Morgan fingerprint density at radius 2 is 1.53 bits per heavy atom. The first kappa shape index (κ1) is 24.5. The van der Waals surface area contributed by atoms with Gasteiger partial charge >= 0.3 is 0 Å². The average molecular weight is 486 g/mol. The van der Waals surface area contributed by atoms with Crippen molar-refractivity contribution in [1.82, 2.24) is 10.6 Å². The summed E-state index contributed by atoms with van der Waals surface area (Å²) in [7, 11) is 0. The van der Waals surface area contributed by atoms with Gasteiger partial charge in [0.25, 0.3) is 5.91 Å². The highest BCUT2D eigenvalue weighted by atomic mass is 16.3. The van der Waals surface area contributed by atoms with Crippen molar-refractivity contribution >= 4 is 23.4 Å². The van der Waals surface area contributed by atoms with Crippen molar-refractivity contribution in [3.05, 3.63) is 114 Å². The van der Waals surface area contributed by atoms with Crippen LogP contribution in [0.15, 0.2) is 94.2 Å². The number of aryl methyl sites for hydroxylation is 2. The highest BCUT2D eigenvalue weighted by Crippen LogP contribution is 2.30. The smallest absolute Gasteiger partial charge is 0.287 e. The molecule has 2 aromatic heterocycles. The highest BCUT2D eigenvalue weighted by Gasteiger charge is 2.33. The molecule has 8 nitrogen and oxygen atoms in total. The van der Waals surface area contributed by atoms with Gasteiger partial charge in [-0.3, -0.25) is 19.3 Å². The van der Waals surface area contributed by atoms with Gasteiger partial charge in [-0.05, 0) is 66.9 Å². The molecule has 0 aliphatic carbocycles. The van der Waals surface area contributed by atoms with E-state index in [2.05, 4.69) is 10.6 Å². The third kappa shape index (κ3) is 5.90. The van der Waals surface area contributed by atoms with Crippen molar-refractivity contribution in [2.24, 2.45) is 0 Å². The van der Waals surface area contributed by atoms with Gasteiger partial charge in [-0.25, -0.2) is 0 Å². The lowest BCUT2D eigenvalue weighted by Gasteiger charge is -2.32. The van der Waals surface area contributed by atoms with Crippen molar-refractivity contribution in [2.75, 3.05) is 11.4 Å². The fraction of sp³-hybridized carbons (Fsp3) is 0.179. The summed E-state index contributed by atoms with van der Waals surface area (Å²) >= 11 is 0. The first-order valence-electron chi connectivity index (χ1n) is 11.5. The normalized spacial score (nSPS) is 11.5. The predicted octanol–water partition coefficient (Wildman–Crippen LogP) is 4.31. The van der Waals surface area contributed by atoms with E-state index in [1.54, 1.807) is 30.3 Å². The molecule has 0 fully saturated rings. The molecule has 0 aliphatic heterocycles. The summed E-state index contributed by atoms with van der Waals surface area (Å²) in [4.78, 5) is 41.1. The number of nitrogens with zero attached hydrogens (tertiary/aromatic N) is 1. The average Bonchev–Trinajstić information content (AvgIpc) is 3.59. The van der Waals surface area contributed by atoms with E-state index in [1.807, 2.05) is 50.2 Å². The zero-order valence-corrected chi connectivity index (χ0v) is 20.1. The van der Waals surface area contributed by atoms with Gasteiger partial charge in [-0.15, -0.1) is 0 Å². The molecule has 2 aromatic carbocycles. The molecular formula is C28H27N3O5. The van der Waals surface area contributed by atoms with E-state index in [1.165, 1.54) is 23.5 Å². The molecule has 36 heavy (non-hydrogen) atoms.